The molecule has 1 aliphatic heterocycles. The van der Waals surface area contributed by atoms with Gasteiger partial charge in [0.15, 0.2) is 0 Å². The summed E-state index contributed by atoms with van der Waals surface area (Å²) in [6.07, 6.45) is 5.39. The molecular formula is C35H43ClN4O. The van der Waals surface area contributed by atoms with Gasteiger partial charge in [-0.3, -0.25) is 0 Å². The molecule has 0 amide bonds. The van der Waals surface area contributed by atoms with Gasteiger partial charge >= 0.3 is 0 Å². The van der Waals surface area contributed by atoms with E-state index < -0.39 is 0 Å². The second kappa shape index (κ2) is 13.5. The number of unbranched alkanes of at least 4 members (excludes halogenated alkanes) is 2. The van der Waals surface area contributed by atoms with E-state index in [9.17, 15) is 5.11 Å². The summed E-state index contributed by atoms with van der Waals surface area (Å²) in [5, 5.41) is 11.6. The van der Waals surface area contributed by atoms with Gasteiger partial charge in [-0.2, -0.15) is 0 Å². The summed E-state index contributed by atoms with van der Waals surface area (Å²) in [7, 11) is 0. The van der Waals surface area contributed by atoms with Crippen molar-refractivity contribution < 1.29 is 5.11 Å². The van der Waals surface area contributed by atoms with Crippen LogP contribution in [-0.4, -0.2) is 35.9 Å². The molecule has 1 aliphatic rings. The number of anilines is 3. The zero-order chi connectivity index (χ0) is 28.8. The Kier molecular flexibility index (Phi) is 9.58. The van der Waals surface area contributed by atoms with Crippen molar-refractivity contribution in [2.75, 3.05) is 41.7 Å². The fourth-order valence-corrected chi connectivity index (χ4v) is 6.19. The largest absolute Gasteiger partial charge is 0.399 e. The molecule has 0 radical (unpaired) electrons. The van der Waals surface area contributed by atoms with Crippen LogP contribution in [0.3, 0.4) is 0 Å². The number of nitrogens with two attached hydrogens (primary N) is 1. The second-order valence-electron chi connectivity index (χ2n) is 11.0. The third-order valence-electron chi connectivity index (χ3n) is 8.30. The van der Waals surface area contributed by atoms with Crippen molar-refractivity contribution in [3.8, 4) is 22.4 Å². The maximum absolute atomic E-state index is 10.8. The van der Waals surface area contributed by atoms with Crippen LogP contribution in [0.4, 0.5) is 17.1 Å². The summed E-state index contributed by atoms with van der Waals surface area (Å²) in [6.45, 7) is 9.25. The van der Waals surface area contributed by atoms with Gasteiger partial charge in [0.05, 0.1) is 12.3 Å². The SMILES string of the molecule is CCCCc1c(CO)c(-c2cccc(N3CCN(c4ccc(N)cc4)CC3)c2)c(-c2ccc(Cl)cc2)n1CCCC. The average Bonchev–Trinajstić information content (AvgIpc) is 3.32. The number of benzene rings is 3. The van der Waals surface area contributed by atoms with Gasteiger partial charge in [0.1, 0.15) is 0 Å². The number of aliphatic hydroxyl groups is 1. The Morgan fingerprint density at radius 1 is 0.780 bits per heavy atom. The molecule has 0 unspecified atom stereocenters. The van der Waals surface area contributed by atoms with Crippen LogP contribution in [0.25, 0.3) is 22.4 Å². The molecule has 41 heavy (non-hydrogen) atoms. The maximum atomic E-state index is 10.8. The van der Waals surface area contributed by atoms with Crippen LogP contribution in [0.2, 0.25) is 5.02 Å². The first-order valence-electron chi connectivity index (χ1n) is 15.1. The lowest BCUT2D eigenvalue weighted by Gasteiger charge is -2.37. The highest BCUT2D eigenvalue weighted by atomic mass is 35.5. The fraction of sp³-hybridized carbons (Fsp3) is 0.371. The zero-order valence-corrected chi connectivity index (χ0v) is 25.2. The third kappa shape index (κ3) is 6.42. The van der Waals surface area contributed by atoms with E-state index in [1.54, 1.807) is 0 Å². The number of aliphatic hydroxyl groups excluding tert-OH is 1. The average molecular weight is 571 g/mol. The number of piperazine rings is 1. The molecule has 4 aromatic rings. The number of nitrogen functional groups attached to an aromatic ring is 1. The second-order valence-corrected chi connectivity index (χ2v) is 11.5. The molecule has 5 rings (SSSR count). The number of nitrogens with zero attached hydrogens (tertiary/aromatic N) is 3. The molecule has 3 N–H and O–H groups in total. The van der Waals surface area contributed by atoms with E-state index in [2.05, 4.69) is 76.7 Å². The molecule has 0 bridgehead atoms. The molecule has 1 saturated heterocycles. The summed E-state index contributed by atoms with van der Waals surface area (Å²) < 4.78 is 2.49. The Morgan fingerprint density at radius 3 is 2.07 bits per heavy atom. The minimum absolute atomic E-state index is 0.0264. The smallest absolute Gasteiger partial charge is 0.0705 e. The lowest BCUT2D eigenvalue weighted by Crippen LogP contribution is -2.46. The number of rotatable bonds is 11. The summed E-state index contributed by atoms with van der Waals surface area (Å²) in [4.78, 5) is 4.90. The van der Waals surface area contributed by atoms with E-state index >= 15 is 0 Å². The normalized spacial score (nSPS) is 13.7. The Morgan fingerprint density at radius 2 is 1.44 bits per heavy atom. The van der Waals surface area contributed by atoms with Gasteiger partial charge in [0.2, 0.25) is 0 Å². The molecule has 0 atom stereocenters. The van der Waals surface area contributed by atoms with Crippen molar-refractivity contribution in [1.29, 1.82) is 0 Å². The van der Waals surface area contributed by atoms with E-state index in [1.165, 1.54) is 22.8 Å². The predicted octanol–water partition coefficient (Wildman–Crippen LogP) is 8.02. The van der Waals surface area contributed by atoms with Gasteiger partial charge in [-0.05, 0) is 78.9 Å². The molecule has 0 spiro atoms. The molecule has 2 heterocycles. The number of halogens is 1. The van der Waals surface area contributed by atoms with Crippen LogP contribution < -0.4 is 15.5 Å². The molecule has 1 aromatic heterocycles. The molecule has 216 valence electrons. The van der Waals surface area contributed by atoms with E-state index in [4.69, 9.17) is 17.3 Å². The highest BCUT2D eigenvalue weighted by molar-refractivity contribution is 6.30. The van der Waals surface area contributed by atoms with E-state index in [1.807, 2.05) is 24.3 Å². The lowest BCUT2D eigenvalue weighted by atomic mass is 9.95. The van der Waals surface area contributed by atoms with Gasteiger partial charge < -0.3 is 25.2 Å². The Labute approximate surface area is 250 Å². The van der Waals surface area contributed by atoms with Crippen molar-refractivity contribution in [3.05, 3.63) is 89.1 Å². The summed E-state index contributed by atoms with van der Waals surface area (Å²) in [5.41, 5.74) is 16.1. The standard InChI is InChI=1S/C35H43ClN4O/c1-3-5-10-33-32(25-41)34(35(40(33)19-6-4-2)26-11-13-28(36)14-12-26)27-8-7-9-31(24-27)39-22-20-38(21-23-39)30-17-15-29(37)16-18-30/h7-9,11-18,24,41H,3-6,10,19-23,25,37H2,1-2H3. The lowest BCUT2D eigenvalue weighted by molar-refractivity contribution is 0.280. The van der Waals surface area contributed by atoms with Crippen LogP contribution in [0.15, 0.2) is 72.8 Å². The fourth-order valence-electron chi connectivity index (χ4n) is 6.07. The van der Waals surface area contributed by atoms with Gasteiger partial charge in [-0.25, -0.2) is 0 Å². The van der Waals surface area contributed by atoms with Crippen molar-refractivity contribution >= 4 is 28.7 Å². The highest BCUT2D eigenvalue weighted by Gasteiger charge is 2.25. The molecule has 6 heteroatoms. The number of hydrogen-bond donors (Lipinski definition) is 2. The number of hydrogen-bond acceptors (Lipinski definition) is 4. The topological polar surface area (TPSA) is 57.7 Å². The first kappa shape index (κ1) is 29.1. The quantitative estimate of drug-likeness (QED) is 0.179. The first-order chi connectivity index (χ1) is 20.0. The molecular weight excluding hydrogens is 528 g/mol. The van der Waals surface area contributed by atoms with Crippen LogP contribution in [0.1, 0.15) is 50.8 Å². The number of aromatic nitrogens is 1. The van der Waals surface area contributed by atoms with Crippen molar-refractivity contribution in [2.45, 2.75) is 59.1 Å². The Hall–Kier alpha value is -3.41. The molecule has 5 nitrogen and oxygen atoms in total. The van der Waals surface area contributed by atoms with E-state index in [0.29, 0.717) is 0 Å². The molecule has 0 saturated carbocycles. The minimum atomic E-state index is 0.0264. The van der Waals surface area contributed by atoms with Crippen molar-refractivity contribution in [3.63, 3.8) is 0 Å². The van der Waals surface area contributed by atoms with Crippen LogP contribution in [-0.2, 0) is 19.6 Å². The van der Waals surface area contributed by atoms with E-state index in [-0.39, 0.29) is 6.61 Å². The summed E-state index contributed by atoms with van der Waals surface area (Å²) >= 11 is 6.31. The molecule has 3 aromatic carbocycles. The molecule has 1 fully saturated rings. The summed E-state index contributed by atoms with van der Waals surface area (Å²) in [6, 6.07) is 25.3. The third-order valence-corrected chi connectivity index (χ3v) is 8.55. The predicted molar refractivity (Wildman–Crippen MR) is 175 cm³/mol. The van der Waals surface area contributed by atoms with Crippen LogP contribution in [0.5, 0.6) is 0 Å². The van der Waals surface area contributed by atoms with Gasteiger partial charge in [-0.15, -0.1) is 0 Å². The monoisotopic (exact) mass is 570 g/mol. The van der Waals surface area contributed by atoms with Crippen molar-refractivity contribution in [2.24, 2.45) is 0 Å². The van der Waals surface area contributed by atoms with Crippen LogP contribution >= 0.6 is 11.6 Å². The van der Waals surface area contributed by atoms with Gasteiger partial charge in [0.25, 0.3) is 0 Å². The highest BCUT2D eigenvalue weighted by Crippen LogP contribution is 2.42. The summed E-state index contributed by atoms with van der Waals surface area (Å²) in [5.74, 6) is 0. The zero-order valence-electron chi connectivity index (χ0n) is 24.5. The maximum Gasteiger partial charge on any atom is 0.0705 e. The van der Waals surface area contributed by atoms with Gasteiger partial charge in [-0.1, -0.05) is 62.6 Å². The van der Waals surface area contributed by atoms with Gasteiger partial charge in [0, 0.05) is 71.6 Å². The molecule has 0 aliphatic carbocycles. The van der Waals surface area contributed by atoms with Crippen LogP contribution in [0, 0.1) is 0 Å². The minimum Gasteiger partial charge on any atom is -0.399 e. The van der Waals surface area contributed by atoms with Crippen molar-refractivity contribution in [1.82, 2.24) is 4.57 Å². The van der Waals surface area contributed by atoms with E-state index in [0.717, 1.165) is 97.8 Å². The Bertz CT molecular complexity index is 1420. The Balaban J connectivity index is 1.53. The first-order valence-corrected chi connectivity index (χ1v) is 15.5.